The van der Waals surface area contributed by atoms with Crippen LogP contribution in [0.1, 0.15) is 10.4 Å². The predicted octanol–water partition coefficient (Wildman–Crippen LogP) is 2.33. The maximum Gasteiger partial charge on any atom is 0.175 e. The number of rotatable bonds is 0. The van der Waals surface area contributed by atoms with E-state index < -0.39 is 0 Å². The first-order valence-corrected chi connectivity index (χ1v) is 4.74. The van der Waals surface area contributed by atoms with Crippen LogP contribution >= 0.6 is 23.4 Å². The number of phenols is 1. The Morgan fingerprint density at radius 3 is 2.92 bits per heavy atom. The van der Waals surface area contributed by atoms with Crippen LogP contribution in [0, 0.1) is 0 Å². The third-order valence-corrected chi connectivity index (χ3v) is 3.14. The molecule has 1 N–H and O–H groups in total. The van der Waals surface area contributed by atoms with Crippen molar-refractivity contribution < 1.29 is 9.90 Å². The molecule has 1 aromatic carbocycles. The molecule has 0 fully saturated rings. The van der Waals surface area contributed by atoms with Gasteiger partial charge in [-0.15, -0.1) is 11.8 Å². The summed E-state index contributed by atoms with van der Waals surface area (Å²) in [4.78, 5) is 11.8. The van der Waals surface area contributed by atoms with E-state index in [0.717, 1.165) is 0 Å². The highest BCUT2D eigenvalue weighted by atomic mass is 35.5. The van der Waals surface area contributed by atoms with E-state index >= 15 is 0 Å². The number of thioether (sulfide) groups is 1. The molecule has 0 bridgehead atoms. The summed E-state index contributed by atoms with van der Waals surface area (Å²) in [6.45, 7) is 0. The van der Waals surface area contributed by atoms with Gasteiger partial charge in [-0.1, -0.05) is 11.6 Å². The van der Waals surface area contributed by atoms with Crippen molar-refractivity contribution in [1.82, 2.24) is 0 Å². The van der Waals surface area contributed by atoms with Crippen molar-refractivity contribution in [3.05, 3.63) is 22.7 Å². The Bertz CT molecular complexity index is 362. The zero-order valence-corrected chi connectivity index (χ0v) is 7.58. The number of fused-ring (bicyclic) bond motifs is 1. The summed E-state index contributed by atoms with van der Waals surface area (Å²) in [6, 6.07) is 3.05. The van der Waals surface area contributed by atoms with Gasteiger partial charge in [0.05, 0.1) is 21.2 Å². The first-order chi connectivity index (χ1) is 5.70. The Kier molecular flexibility index (Phi) is 1.77. The lowest BCUT2D eigenvalue weighted by Gasteiger charge is -2.00. The normalized spacial score (nSPS) is 14.9. The monoisotopic (exact) mass is 200 g/mol. The van der Waals surface area contributed by atoms with Crippen LogP contribution in [-0.4, -0.2) is 16.6 Å². The Morgan fingerprint density at radius 2 is 2.25 bits per heavy atom. The number of aromatic hydroxyl groups is 1. The summed E-state index contributed by atoms with van der Waals surface area (Å²) in [6.07, 6.45) is 0. The van der Waals surface area contributed by atoms with Crippen molar-refractivity contribution in [1.29, 1.82) is 0 Å². The maximum atomic E-state index is 11.2. The van der Waals surface area contributed by atoms with Crippen LogP contribution < -0.4 is 0 Å². The number of carbonyl (C=O) groups excluding carboxylic acids is 1. The fraction of sp³-hybridized carbons (Fsp3) is 0.125. The molecule has 0 amide bonds. The SMILES string of the molecule is O=C1CSc2c(O)ccc(Cl)c21. The summed E-state index contributed by atoms with van der Waals surface area (Å²) in [7, 11) is 0. The van der Waals surface area contributed by atoms with Crippen LogP contribution in [0.4, 0.5) is 0 Å². The molecule has 0 unspecified atom stereocenters. The molecule has 4 heteroatoms. The van der Waals surface area contributed by atoms with E-state index in [4.69, 9.17) is 11.6 Å². The molecule has 62 valence electrons. The van der Waals surface area contributed by atoms with Crippen LogP contribution in [0.3, 0.4) is 0 Å². The quantitative estimate of drug-likeness (QED) is 0.699. The summed E-state index contributed by atoms with van der Waals surface area (Å²) in [5.74, 6) is 0.522. The van der Waals surface area contributed by atoms with Crippen LogP contribution in [0.15, 0.2) is 17.0 Å². The molecule has 0 saturated carbocycles. The van der Waals surface area contributed by atoms with Gasteiger partial charge in [-0.25, -0.2) is 0 Å². The third-order valence-electron chi connectivity index (χ3n) is 1.71. The lowest BCUT2D eigenvalue weighted by molar-refractivity contribution is 0.102. The molecule has 0 spiro atoms. The van der Waals surface area contributed by atoms with Crippen molar-refractivity contribution in [3.8, 4) is 5.75 Å². The molecule has 1 heterocycles. The fourth-order valence-electron chi connectivity index (χ4n) is 1.16. The second kappa shape index (κ2) is 2.68. The summed E-state index contributed by atoms with van der Waals surface area (Å²) >= 11 is 7.12. The molecule has 0 radical (unpaired) electrons. The smallest absolute Gasteiger partial charge is 0.175 e. The van der Waals surface area contributed by atoms with Gasteiger partial charge in [-0.2, -0.15) is 0 Å². The Morgan fingerprint density at radius 1 is 1.50 bits per heavy atom. The number of Topliss-reactive ketones (excluding diaryl/α,β-unsaturated/α-hetero) is 1. The van der Waals surface area contributed by atoms with Crippen LogP contribution in [0.2, 0.25) is 5.02 Å². The second-order valence-electron chi connectivity index (χ2n) is 2.48. The average molecular weight is 201 g/mol. The zero-order chi connectivity index (χ0) is 8.72. The number of ketones is 1. The van der Waals surface area contributed by atoms with Gasteiger partial charge in [-0.05, 0) is 12.1 Å². The largest absolute Gasteiger partial charge is 0.507 e. The number of carbonyl (C=O) groups is 1. The van der Waals surface area contributed by atoms with Crippen molar-refractivity contribution in [2.24, 2.45) is 0 Å². The standard InChI is InChI=1S/C8H5ClO2S/c9-4-1-2-5(10)8-7(4)6(11)3-12-8/h1-2,10H,3H2. The van der Waals surface area contributed by atoms with Gasteiger partial charge in [0.25, 0.3) is 0 Å². The minimum atomic E-state index is -0.00380. The first kappa shape index (κ1) is 7.95. The fourth-order valence-corrected chi connectivity index (χ4v) is 2.49. The average Bonchev–Trinajstić information content (AvgIpc) is 2.42. The van der Waals surface area contributed by atoms with Gasteiger partial charge in [0.1, 0.15) is 5.75 Å². The topological polar surface area (TPSA) is 37.3 Å². The second-order valence-corrected chi connectivity index (χ2v) is 3.88. The molecule has 1 aromatic rings. The molecule has 0 saturated heterocycles. The highest BCUT2D eigenvalue weighted by Crippen LogP contribution is 2.41. The summed E-state index contributed by atoms with van der Waals surface area (Å²) < 4.78 is 0. The number of halogens is 1. The van der Waals surface area contributed by atoms with Crippen LogP contribution in [0.25, 0.3) is 0 Å². The van der Waals surface area contributed by atoms with E-state index in [-0.39, 0.29) is 11.5 Å². The number of hydrogen-bond donors (Lipinski definition) is 1. The van der Waals surface area contributed by atoms with Gasteiger partial charge in [0, 0.05) is 0 Å². The summed E-state index contributed by atoms with van der Waals surface area (Å²) in [5.41, 5.74) is 0.474. The molecular weight excluding hydrogens is 196 g/mol. The zero-order valence-electron chi connectivity index (χ0n) is 6.00. The molecule has 1 aliphatic heterocycles. The van der Waals surface area contributed by atoms with E-state index in [0.29, 0.717) is 21.2 Å². The molecule has 12 heavy (non-hydrogen) atoms. The van der Waals surface area contributed by atoms with Crippen molar-refractivity contribution in [2.45, 2.75) is 4.90 Å². The van der Waals surface area contributed by atoms with Gasteiger partial charge in [0.2, 0.25) is 0 Å². The van der Waals surface area contributed by atoms with E-state index in [2.05, 4.69) is 0 Å². The number of benzene rings is 1. The molecule has 2 rings (SSSR count). The van der Waals surface area contributed by atoms with Gasteiger partial charge >= 0.3 is 0 Å². The molecule has 2 nitrogen and oxygen atoms in total. The molecule has 0 aliphatic carbocycles. The minimum absolute atomic E-state index is 0.00380. The van der Waals surface area contributed by atoms with Gasteiger partial charge < -0.3 is 5.11 Å². The van der Waals surface area contributed by atoms with Gasteiger partial charge in [0.15, 0.2) is 5.78 Å². The Balaban J connectivity index is 2.72. The van der Waals surface area contributed by atoms with E-state index in [9.17, 15) is 9.90 Å². The maximum absolute atomic E-state index is 11.2. The molecule has 0 atom stereocenters. The predicted molar refractivity (Wildman–Crippen MR) is 48.2 cm³/mol. The highest BCUT2D eigenvalue weighted by molar-refractivity contribution is 8.00. The molecule has 1 aliphatic rings. The number of phenolic OH excluding ortho intramolecular Hbond substituents is 1. The lowest BCUT2D eigenvalue weighted by Crippen LogP contribution is -1.95. The molecule has 0 aromatic heterocycles. The Labute approximate surface area is 78.5 Å². The van der Waals surface area contributed by atoms with Crippen molar-refractivity contribution in [2.75, 3.05) is 5.75 Å². The van der Waals surface area contributed by atoms with E-state index in [1.54, 1.807) is 6.07 Å². The molecular formula is C8H5ClO2S. The minimum Gasteiger partial charge on any atom is -0.507 e. The number of hydrogen-bond acceptors (Lipinski definition) is 3. The van der Waals surface area contributed by atoms with Crippen molar-refractivity contribution in [3.63, 3.8) is 0 Å². The first-order valence-electron chi connectivity index (χ1n) is 3.37. The summed E-state index contributed by atoms with van der Waals surface area (Å²) in [5, 5.41) is 9.77. The van der Waals surface area contributed by atoms with Crippen molar-refractivity contribution >= 4 is 29.1 Å². The van der Waals surface area contributed by atoms with E-state index in [1.807, 2.05) is 0 Å². The van der Waals surface area contributed by atoms with Crippen LogP contribution in [0.5, 0.6) is 5.75 Å². The Hall–Kier alpha value is -0.670. The third kappa shape index (κ3) is 1.01. The lowest BCUT2D eigenvalue weighted by atomic mass is 10.1. The highest BCUT2D eigenvalue weighted by Gasteiger charge is 2.25. The van der Waals surface area contributed by atoms with E-state index in [1.165, 1.54) is 17.8 Å². The van der Waals surface area contributed by atoms with Gasteiger partial charge in [-0.3, -0.25) is 4.79 Å². The van der Waals surface area contributed by atoms with Crippen LogP contribution in [-0.2, 0) is 0 Å².